The van der Waals surface area contributed by atoms with E-state index in [0.29, 0.717) is 36.2 Å². The van der Waals surface area contributed by atoms with Crippen molar-refractivity contribution in [2.45, 2.75) is 25.7 Å². The molecule has 1 aliphatic rings. The molecule has 0 saturated carbocycles. The highest BCUT2D eigenvalue weighted by atomic mass is 32.1. The summed E-state index contributed by atoms with van der Waals surface area (Å²) in [5, 5.41) is 22.2. The fourth-order valence-electron chi connectivity index (χ4n) is 4.25. The number of carbonyl (C=O) groups is 1. The number of carbonyl (C=O) groups excluding carboxylic acids is 1. The molecule has 11 nitrogen and oxygen atoms in total. The number of rotatable bonds is 10. The molecular weight excluding hydrogens is 528 g/mol. The second-order valence-electron chi connectivity index (χ2n) is 9.27. The van der Waals surface area contributed by atoms with Gasteiger partial charge in [-0.25, -0.2) is 15.0 Å². The minimum absolute atomic E-state index is 0.0184. The number of fused-ring (bicyclic) bond motifs is 2. The lowest BCUT2D eigenvalue weighted by Gasteiger charge is -2.20. The maximum Gasteiger partial charge on any atom is 0.262 e. The van der Waals surface area contributed by atoms with Crippen LogP contribution < -0.4 is 16.0 Å². The molecule has 0 saturated heterocycles. The number of H-pyrrole nitrogens is 1. The molecule has 4 aromatic rings. The second kappa shape index (κ2) is 12.1. The highest BCUT2D eigenvalue weighted by molar-refractivity contribution is 7.19. The van der Waals surface area contributed by atoms with Crippen LogP contribution in [-0.4, -0.2) is 52.0 Å². The van der Waals surface area contributed by atoms with Crippen molar-refractivity contribution in [3.05, 3.63) is 76.2 Å². The number of amidine groups is 1. The highest BCUT2D eigenvalue weighted by Gasteiger charge is 2.24. The summed E-state index contributed by atoms with van der Waals surface area (Å²) in [5.74, 6) is 0.579. The highest BCUT2D eigenvalue weighted by Crippen LogP contribution is 2.32. The van der Waals surface area contributed by atoms with Gasteiger partial charge in [0.2, 0.25) is 0 Å². The Morgan fingerprint density at radius 1 is 1.32 bits per heavy atom. The van der Waals surface area contributed by atoms with Crippen molar-refractivity contribution in [3.8, 4) is 6.07 Å². The SMILES string of the molecule is CN(CCO)c1ccc2nc(/C=C(\C#N)C(=O)NCc3ccc(COC4CC(N)=Nc5nc[nH]c54)cc3)sc2c1. The van der Waals surface area contributed by atoms with E-state index in [4.69, 9.17) is 10.5 Å². The van der Waals surface area contributed by atoms with Crippen molar-refractivity contribution in [1.82, 2.24) is 20.3 Å². The Labute approximate surface area is 234 Å². The lowest BCUT2D eigenvalue weighted by molar-refractivity contribution is -0.117. The maximum absolute atomic E-state index is 12.7. The zero-order valence-electron chi connectivity index (χ0n) is 21.8. The predicted octanol–water partition coefficient (Wildman–Crippen LogP) is 3.32. The van der Waals surface area contributed by atoms with Gasteiger partial charge in [-0.2, -0.15) is 5.26 Å². The Morgan fingerprint density at radius 2 is 2.12 bits per heavy atom. The Hall–Kier alpha value is -4.57. The molecule has 1 amide bonds. The minimum atomic E-state index is -0.468. The summed E-state index contributed by atoms with van der Waals surface area (Å²) in [6.07, 6.45) is 3.34. The molecule has 5 rings (SSSR count). The lowest BCUT2D eigenvalue weighted by Crippen LogP contribution is -2.24. The third-order valence-electron chi connectivity index (χ3n) is 6.44. The summed E-state index contributed by atoms with van der Waals surface area (Å²) in [6, 6.07) is 15.5. The first-order valence-corrected chi connectivity index (χ1v) is 13.4. The molecule has 5 N–H and O–H groups in total. The van der Waals surface area contributed by atoms with Gasteiger partial charge in [0.1, 0.15) is 28.6 Å². The van der Waals surface area contributed by atoms with Gasteiger partial charge < -0.3 is 30.8 Å². The van der Waals surface area contributed by atoms with Gasteiger partial charge in [0.15, 0.2) is 5.82 Å². The first-order valence-electron chi connectivity index (χ1n) is 12.6. The number of nitriles is 1. The quantitative estimate of drug-likeness (QED) is 0.171. The summed E-state index contributed by atoms with van der Waals surface area (Å²) < 4.78 is 6.98. The number of imidazole rings is 1. The van der Waals surface area contributed by atoms with Crippen molar-refractivity contribution in [1.29, 1.82) is 5.26 Å². The first kappa shape index (κ1) is 27.0. The number of likely N-dealkylation sites (N-methyl/N-ethyl adjacent to an activating group) is 1. The largest absolute Gasteiger partial charge is 0.395 e. The smallest absolute Gasteiger partial charge is 0.262 e. The number of hydrogen-bond acceptors (Lipinski definition) is 10. The van der Waals surface area contributed by atoms with E-state index in [9.17, 15) is 15.2 Å². The molecule has 0 aliphatic carbocycles. The van der Waals surface area contributed by atoms with Crippen LogP contribution in [0.25, 0.3) is 16.3 Å². The zero-order chi connectivity index (χ0) is 28.1. The summed E-state index contributed by atoms with van der Waals surface area (Å²) in [6.45, 7) is 1.23. The van der Waals surface area contributed by atoms with E-state index in [-0.39, 0.29) is 24.8 Å². The first-order chi connectivity index (χ1) is 19.4. The number of aliphatic hydroxyl groups is 1. The van der Waals surface area contributed by atoms with Gasteiger partial charge in [-0.15, -0.1) is 11.3 Å². The van der Waals surface area contributed by atoms with Crippen molar-refractivity contribution < 1.29 is 14.6 Å². The number of hydrogen-bond donors (Lipinski definition) is 4. The van der Waals surface area contributed by atoms with E-state index in [2.05, 4.69) is 25.3 Å². The van der Waals surface area contributed by atoms with Crippen molar-refractivity contribution in [3.63, 3.8) is 0 Å². The van der Waals surface area contributed by atoms with E-state index in [1.807, 2.05) is 60.5 Å². The third-order valence-corrected chi connectivity index (χ3v) is 7.40. The summed E-state index contributed by atoms with van der Waals surface area (Å²) in [7, 11) is 1.90. The van der Waals surface area contributed by atoms with Gasteiger partial charge >= 0.3 is 0 Å². The standard InChI is InChI=1S/C28H28N8O3S/c1-36(8-9-37)20-6-7-21-23(11-20)40-25(34-21)10-19(13-29)28(38)31-14-17-2-4-18(5-3-17)15-39-22-12-24(30)35-27-26(22)32-16-33-27/h2-7,10-11,16,22,37H,8-9,12,14-15H2,1H3,(H2,30,35)(H,31,38)(H,32,33)/b19-10+. The van der Waals surface area contributed by atoms with Crippen LogP contribution in [0.1, 0.15) is 34.4 Å². The zero-order valence-corrected chi connectivity index (χ0v) is 22.6. The molecular formula is C28H28N8O3S. The number of aromatic amines is 1. The molecule has 12 heteroatoms. The molecule has 0 radical (unpaired) electrons. The monoisotopic (exact) mass is 556 g/mol. The molecule has 2 aromatic carbocycles. The van der Waals surface area contributed by atoms with E-state index in [1.165, 1.54) is 17.4 Å². The number of aliphatic imine (C=N–C) groups is 1. The van der Waals surface area contributed by atoms with Crippen LogP contribution in [0.5, 0.6) is 0 Å². The summed E-state index contributed by atoms with van der Waals surface area (Å²) >= 11 is 1.40. The van der Waals surface area contributed by atoms with Gasteiger partial charge in [-0.3, -0.25) is 4.79 Å². The molecule has 0 fully saturated rings. The average Bonchev–Trinajstić information content (AvgIpc) is 3.60. The molecule has 0 bridgehead atoms. The summed E-state index contributed by atoms with van der Waals surface area (Å²) in [4.78, 5) is 30.7. The summed E-state index contributed by atoms with van der Waals surface area (Å²) in [5.41, 5.74) is 10.3. The fraction of sp³-hybridized carbons (Fsp3) is 0.250. The van der Waals surface area contributed by atoms with E-state index < -0.39 is 5.91 Å². The van der Waals surface area contributed by atoms with Crippen molar-refractivity contribution >= 4 is 50.9 Å². The molecule has 3 heterocycles. The number of nitrogens with zero attached hydrogens (tertiary/aromatic N) is 5. The number of aromatic nitrogens is 3. The molecule has 40 heavy (non-hydrogen) atoms. The van der Waals surface area contributed by atoms with Crippen LogP contribution >= 0.6 is 11.3 Å². The van der Waals surface area contributed by atoms with E-state index in [1.54, 1.807) is 6.33 Å². The maximum atomic E-state index is 12.7. The fourth-order valence-corrected chi connectivity index (χ4v) is 5.19. The van der Waals surface area contributed by atoms with Crippen molar-refractivity contribution in [2.75, 3.05) is 25.1 Å². The number of aliphatic hydroxyl groups excluding tert-OH is 1. The Bertz CT molecular complexity index is 1620. The van der Waals surface area contributed by atoms with E-state index in [0.717, 1.165) is 32.7 Å². The number of nitrogens with one attached hydrogen (secondary N) is 2. The second-order valence-corrected chi connectivity index (χ2v) is 10.3. The van der Waals surface area contributed by atoms with Gasteiger partial charge in [0.05, 0.1) is 35.5 Å². The lowest BCUT2D eigenvalue weighted by atomic mass is 10.1. The Balaban J connectivity index is 1.17. The molecule has 1 unspecified atom stereocenters. The molecule has 204 valence electrons. The van der Waals surface area contributed by atoms with Crippen molar-refractivity contribution in [2.24, 2.45) is 10.7 Å². The van der Waals surface area contributed by atoms with Crippen LogP contribution in [0, 0.1) is 11.3 Å². The van der Waals surface area contributed by atoms with Crippen LogP contribution in [-0.2, 0) is 22.7 Å². The van der Waals surface area contributed by atoms with Gasteiger partial charge in [-0.05, 0) is 35.4 Å². The normalized spacial score (nSPS) is 14.9. The van der Waals surface area contributed by atoms with Crippen LogP contribution in [0.15, 0.2) is 59.4 Å². The Kier molecular flexibility index (Phi) is 8.16. The van der Waals surface area contributed by atoms with Gasteiger partial charge in [-0.1, -0.05) is 24.3 Å². The molecule has 2 aromatic heterocycles. The minimum Gasteiger partial charge on any atom is -0.395 e. The molecule has 0 spiro atoms. The number of benzene rings is 2. The Morgan fingerprint density at radius 3 is 2.90 bits per heavy atom. The number of nitrogens with two attached hydrogens (primary N) is 1. The van der Waals surface area contributed by atoms with Gasteiger partial charge in [0, 0.05) is 32.2 Å². The average molecular weight is 557 g/mol. The van der Waals surface area contributed by atoms with Crippen LogP contribution in [0.2, 0.25) is 0 Å². The number of anilines is 1. The number of thiazole rings is 1. The van der Waals surface area contributed by atoms with E-state index >= 15 is 0 Å². The number of ether oxygens (including phenoxy) is 1. The predicted molar refractivity (Wildman–Crippen MR) is 154 cm³/mol. The molecule has 1 atom stereocenters. The number of amides is 1. The molecule has 1 aliphatic heterocycles. The third kappa shape index (κ3) is 6.18. The van der Waals surface area contributed by atoms with Crippen LogP contribution in [0.4, 0.5) is 11.5 Å². The van der Waals surface area contributed by atoms with Gasteiger partial charge in [0.25, 0.3) is 5.91 Å². The topological polar surface area (TPSA) is 166 Å². The van der Waals surface area contributed by atoms with Crippen LogP contribution in [0.3, 0.4) is 0 Å².